The summed E-state index contributed by atoms with van der Waals surface area (Å²) in [6.07, 6.45) is 3.56. The van der Waals surface area contributed by atoms with E-state index in [1.165, 1.54) is 0 Å². The summed E-state index contributed by atoms with van der Waals surface area (Å²) >= 11 is 0. The van der Waals surface area contributed by atoms with Crippen LogP contribution in [0.4, 0.5) is 0 Å². The topological polar surface area (TPSA) is 110 Å². The number of aromatic nitrogens is 4. The maximum absolute atomic E-state index is 12.3. The highest BCUT2D eigenvalue weighted by atomic mass is 16.5. The number of H-pyrrole nitrogens is 1. The maximum Gasteiger partial charge on any atom is 0.204 e. The second-order valence-corrected chi connectivity index (χ2v) is 7.75. The number of carbonyl (C=O) groups excluding carboxylic acids is 1. The molecule has 2 N–H and O–H groups in total. The highest BCUT2D eigenvalue weighted by molar-refractivity contribution is 5.97. The van der Waals surface area contributed by atoms with Crippen molar-refractivity contribution < 1.29 is 19.4 Å². The molecule has 8 nitrogen and oxygen atoms in total. The number of ether oxygens (including phenoxy) is 2. The van der Waals surface area contributed by atoms with Crippen molar-refractivity contribution in [2.75, 3.05) is 13.2 Å². The standard InChI is InChI=1S/C23H30N4O4/c1-4-7-19(28)21-15(2)14-20(16(3)22(21)29)31-13-6-5-12-30-18-10-8-17(9-11-18)23-24-26-27-25-23/h8-11,15,29H,4-7,12-14H2,1-3H3,(H,24,25,26,27). The van der Waals surface area contributed by atoms with E-state index in [0.717, 1.165) is 36.3 Å². The molecule has 8 heteroatoms. The fourth-order valence-electron chi connectivity index (χ4n) is 3.61. The molecule has 2 aromatic rings. The van der Waals surface area contributed by atoms with Gasteiger partial charge in [0.1, 0.15) is 17.3 Å². The molecule has 0 saturated heterocycles. The number of hydrogen-bond acceptors (Lipinski definition) is 7. The van der Waals surface area contributed by atoms with Crippen LogP contribution < -0.4 is 4.74 Å². The second kappa shape index (κ2) is 10.7. The average molecular weight is 427 g/mol. The largest absolute Gasteiger partial charge is 0.507 e. The van der Waals surface area contributed by atoms with Gasteiger partial charge in [-0.2, -0.15) is 5.21 Å². The highest BCUT2D eigenvalue weighted by Crippen LogP contribution is 2.35. The van der Waals surface area contributed by atoms with E-state index in [1.807, 2.05) is 45.0 Å². The first-order valence-electron chi connectivity index (χ1n) is 10.8. The smallest absolute Gasteiger partial charge is 0.204 e. The number of unbranched alkanes of at least 4 members (excludes halogenated alkanes) is 1. The van der Waals surface area contributed by atoms with Crippen molar-refractivity contribution in [1.82, 2.24) is 20.6 Å². The van der Waals surface area contributed by atoms with Crippen molar-refractivity contribution in [2.24, 2.45) is 5.92 Å². The van der Waals surface area contributed by atoms with E-state index in [1.54, 1.807) is 0 Å². The average Bonchev–Trinajstić information content (AvgIpc) is 3.29. The molecule has 1 aliphatic rings. The molecule has 1 aromatic heterocycles. The van der Waals surface area contributed by atoms with E-state index >= 15 is 0 Å². The van der Waals surface area contributed by atoms with Gasteiger partial charge < -0.3 is 14.6 Å². The number of aliphatic hydroxyl groups excluding tert-OH is 1. The Labute approximate surface area is 182 Å². The lowest BCUT2D eigenvalue weighted by Crippen LogP contribution is -2.20. The quantitative estimate of drug-likeness (QED) is 0.508. The van der Waals surface area contributed by atoms with E-state index in [9.17, 15) is 9.90 Å². The summed E-state index contributed by atoms with van der Waals surface area (Å²) in [7, 11) is 0. The van der Waals surface area contributed by atoms with Crippen molar-refractivity contribution >= 4 is 5.78 Å². The first-order chi connectivity index (χ1) is 15.0. The van der Waals surface area contributed by atoms with Crippen LogP contribution in [0.25, 0.3) is 11.4 Å². The Hall–Kier alpha value is -3.16. The predicted molar refractivity (Wildman–Crippen MR) is 116 cm³/mol. The van der Waals surface area contributed by atoms with Gasteiger partial charge in [-0.3, -0.25) is 4.79 Å². The lowest BCUT2D eigenvalue weighted by molar-refractivity contribution is -0.116. The Morgan fingerprint density at radius 1 is 1.19 bits per heavy atom. The summed E-state index contributed by atoms with van der Waals surface area (Å²) in [4.78, 5) is 12.3. The van der Waals surface area contributed by atoms with Crippen LogP contribution in [-0.2, 0) is 9.53 Å². The van der Waals surface area contributed by atoms with Gasteiger partial charge in [0.25, 0.3) is 0 Å². The molecular weight excluding hydrogens is 396 g/mol. The van der Waals surface area contributed by atoms with Gasteiger partial charge in [-0.15, -0.1) is 10.2 Å². The molecule has 0 bridgehead atoms. The third-order valence-electron chi connectivity index (χ3n) is 5.33. The van der Waals surface area contributed by atoms with Crippen LogP contribution in [0.15, 0.2) is 46.9 Å². The van der Waals surface area contributed by atoms with Crippen molar-refractivity contribution in [3.05, 3.63) is 46.9 Å². The Morgan fingerprint density at radius 3 is 2.55 bits per heavy atom. The molecule has 1 aliphatic carbocycles. The lowest BCUT2D eigenvalue weighted by atomic mass is 9.84. The minimum atomic E-state index is -0.0310. The Kier molecular flexibility index (Phi) is 7.81. The molecule has 1 unspecified atom stereocenters. The summed E-state index contributed by atoms with van der Waals surface area (Å²) in [5, 5.41) is 24.4. The van der Waals surface area contributed by atoms with E-state index in [2.05, 4.69) is 20.6 Å². The molecular formula is C23H30N4O4. The summed E-state index contributed by atoms with van der Waals surface area (Å²) in [5.41, 5.74) is 2.10. The number of aromatic amines is 1. The Bertz CT molecular complexity index is 933. The van der Waals surface area contributed by atoms with Crippen LogP contribution in [-0.4, -0.2) is 44.7 Å². The first-order valence-corrected chi connectivity index (χ1v) is 10.8. The van der Waals surface area contributed by atoms with Gasteiger partial charge in [0, 0.05) is 29.6 Å². The molecule has 1 aromatic carbocycles. The maximum atomic E-state index is 12.3. The van der Waals surface area contributed by atoms with Crippen LogP contribution in [0, 0.1) is 5.92 Å². The van der Waals surface area contributed by atoms with Gasteiger partial charge in [-0.1, -0.05) is 13.8 Å². The number of nitrogens with one attached hydrogen (secondary N) is 1. The minimum absolute atomic E-state index is 0.0310. The number of rotatable bonds is 11. The number of Topliss-reactive ketones (excluding diaryl/α,β-unsaturated/α-hetero) is 1. The number of allylic oxidation sites excluding steroid dienone is 3. The SMILES string of the molecule is CCCC(=O)C1=C(O)C(C)=C(OCCCCOc2ccc(-c3nn[nH]n3)cc2)CC1C. The molecule has 31 heavy (non-hydrogen) atoms. The van der Waals surface area contributed by atoms with E-state index in [-0.39, 0.29) is 17.5 Å². The summed E-state index contributed by atoms with van der Waals surface area (Å²) in [6, 6.07) is 7.54. The molecule has 0 spiro atoms. The number of tetrazole rings is 1. The van der Waals surface area contributed by atoms with Gasteiger partial charge in [0.15, 0.2) is 5.78 Å². The van der Waals surface area contributed by atoms with Gasteiger partial charge in [-0.25, -0.2) is 0 Å². The zero-order valence-electron chi connectivity index (χ0n) is 18.4. The summed E-state index contributed by atoms with van der Waals surface area (Å²) < 4.78 is 11.7. The van der Waals surface area contributed by atoms with Crippen LogP contribution in [0.1, 0.15) is 52.9 Å². The molecule has 3 rings (SSSR count). The van der Waals surface area contributed by atoms with Crippen LogP contribution >= 0.6 is 0 Å². The van der Waals surface area contributed by atoms with Crippen molar-refractivity contribution in [2.45, 2.75) is 52.9 Å². The molecule has 0 saturated carbocycles. The molecule has 0 amide bonds. The van der Waals surface area contributed by atoms with Crippen molar-refractivity contribution in [3.8, 4) is 17.1 Å². The Morgan fingerprint density at radius 2 is 1.90 bits per heavy atom. The van der Waals surface area contributed by atoms with Gasteiger partial charge in [-0.05, 0) is 61.6 Å². The highest BCUT2D eigenvalue weighted by Gasteiger charge is 2.29. The molecule has 1 heterocycles. The van der Waals surface area contributed by atoms with Gasteiger partial charge in [0.05, 0.1) is 13.2 Å². The molecule has 0 aliphatic heterocycles. The van der Waals surface area contributed by atoms with E-state index < -0.39 is 0 Å². The molecule has 1 atom stereocenters. The zero-order valence-corrected chi connectivity index (χ0v) is 18.4. The fourth-order valence-corrected chi connectivity index (χ4v) is 3.61. The van der Waals surface area contributed by atoms with Gasteiger partial charge in [0.2, 0.25) is 5.82 Å². The molecule has 166 valence electrons. The number of carbonyl (C=O) groups is 1. The second-order valence-electron chi connectivity index (χ2n) is 7.75. The number of aliphatic hydroxyl groups is 1. The predicted octanol–water partition coefficient (Wildman–Crippen LogP) is 4.54. The normalized spacial score (nSPS) is 16.5. The third-order valence-corrected chi connectivity index (χ3v) is 5.33. The van der Waals surface area contributed by atoms with Crippen molar-refractivity contribution in [1.29, 1.82) is 0 Å². The number of nitrogens with zero attached hydrogens (tertiary/aromatic N) is 3. The first kappa shape index (κ1) is 22.5. The lowest BCUT2D eigenvalue weighted by Gasteiger charge is -2.26. The number of ketones is 1. The van der Waals surface area contributed by atoms with Crippen LogP contribution in [0.2, 0.25) is 0 Å². The van der Waals surface area contributed by atoms with Crippen LogP contribution in [0.5, 0.6) is 5.75 Å². The minimum Gasteiger partial charge on any atom is -0.507 e. The number of hydrogen-bond donors (Lipinski definition) is 2. The van der Waals surface area contributed by atoms with Crippen molar-refractivity contribution in [3.63, 3.8) is 0 Å². The third kappa shape index (κ3) is 5.71. The summed E-state index contributed by atoms with van der Waals surface area (Å²) in [5.74, 6) is 2.21. The molecule has 0 fully saturated rings. The fraction of sp³-hybridized carbons (Fsp3) is 0.478. The Balaban J connectivity index is 1.42. The van der Waals surface area contributed by atoms with Crippen LogP contribution in [0.3, 0.4) is 0 Å². The summed E-state index contributed by atoms with van der Waals surface area (Å²) in [6.45, 7) is 6.88. The van der Waals surface area contributed by atoms with E-state index in [4.69, 9.17) is 9.47 Å². The monoisotopic (exact) mass is 426 g/mol. The van der Waals surface area contributed by atoms with E-state index in [0.29, 0.717) is 43.0 Å². The zero-order chi connectivity index (χ0) is 22.2. The number of benzene rings is 1. The molecule has 0 radical (unpaired) electrons. The van der Waals surface area contributed by atoms with Gasteiger partial charge >= 0.3 is 0 Å².